The minimum absolute atomic E-state index is 0.0228. The molecule has 3 N–H and O–H groups in total. The number of carbonyl (C=O) groups is 1. The molecule has 0 saturated heterocycles. The van der Waals surface area contributed by atoms with Crippen LogP contribution in [0.25, 0.3) is 0 Å². The van der Waals surface area contributed by atoms with Gasteiger partial charge in [0.15, 0.2) is 0 Å². The van der Waals surface area contributed by atoms with Crippen LogP contribution in [-0.4, -0.2) is 28.1 Å². The first-order valence-electron chi connectivity index (χ1n) is 5.43. The first-order chi connectivity index (χ1) is 7.60. The van der Waals surface area contributed by atoms with E-state index >= 15 is 0 Å². The highest BCUT2D eigenvalue weighted by Crippen LogP contribution is 2.19. The van der Waals surface area contributed by atoms with Crippen LogP contribution in [0.2, 0.25) is 0 Å². The maximum absolute atomic E-state index is 11.9. The van der Waals surface area contributed by atoms with Gasteiger partial charge in [-0.1, -0.05) is 25.3 Å². The summed E-state index contributed by atoms with van der Waals surface area (Å²) in [4.78, 5) is 12.5. The van der Waals surface area contributed by atoms with Crippen molar-refractivity contribution in [2.75, 3.05) is 6.54 Å². The number of nitrogens with zero attached hydrogens (tertiary/aromatic N) is 2. The van der Waals surface area contributed by atoms with E-state index in [-0.39, 0.29) is 17.9 Å². The Morgan fingerprint density at radius 3 is 2.75 bits per heavy atom. The molecule has 1 atom stereocenters. The molecule has 0 aromatic carbocycles. The predicted octanol–water partition coefficient (Wildman–Crippen LogP) is 1.13. The fourth-order valence-corrected chi connectivity index (χ4v) is 2.03. The predicted molar refractivity (Wildman–Crippen MR) is 64.6 cm³/mol. The summed E-state index contributed by atoms with van der Waals surface area (Å²) in [6.45, 7) is 6.43. The number of amides is 1. The molecule has 0 bridgehead atoms. The number of hydrogen-bond acceptors (Lipinski definition) is 5. The Labute approximate surface area is 99.6 Å². The Kier molecular flexibility index (Phi) is 4.82. The molecule has 90 valence electrons. The summed E-state index contributed by atoms with van der Waals surface area (Å²) in [7, 11) is 0. The quantitative estimate of drug-likeness (QED) is 0.811. The molecule has 0 radical (unpaired) electrons. The molecule has 1 aromatic heterocycles. The maximum Gasteiger partial charge on any atom is 0.265 e. The van der Waals surface area contributed by atoms with E-state index in [9.17, 15) is 4.79 Å². The van der Waals surface area contributed by atoms with Crippen molar-refractivity contribution in [3.05, 3.63) is 10.6 Å². The molecule has 0 saturated carbocycles. The standard InChI is InChI=1S/C10H18N4OS/c1-4-7(5-11)12-10(15)9-8(6(2)3)13-14-16-9/h6-7H,4-5,11H2,1-3H3,(H,12,15). The van der Waals surface area contributed by atoms with Crippen molar-refractivity contribution in [3.8, 4) is 0 Å². The van der Waals surface area contributed by atoms with Crippen LogP contribution in [-0.2, 0) is 0 Å². The average Bonchev–Trinajstić information content (AvgIpc) is 2.74. The van der Waals surface area contributed by atoms with Crippen LogP contribution in [0.1, 0.15) is 48.5 Å². The van der Waals surface area contributed by atoms with E-state index < -0.39 is 0 Å². The van der Waals surface area contributed by atoms with E-state index in [0.29, 0.717) is 11.4 Å². The minimum Gasteiger partial charge on any atom is -0.347 e. The molecular weight excluding hydrogens is 224 g/mol. The van der Waals surface area contributed by atoms with Gasteiger partial charge in [0, 0.05) is 12.6 Å². The lowest BCUT2D eigenvalue weighted by atomic mass is 10.1. The molecule has 0 aliphatic heterocycles. The van der Waals surface area contributed by atoms with E-state index in [0.717, 1.165) is 23.6 Å². The Morgan fingerprint density at radius 1 is 1.56 bits per heavy atom. The van der Waals surface area contributed by atoms with Crippen molar-refractivity contribution in [1.82, 2.24) is 14.9 Å². The van der Waals surface area contributed by atoms with Crippen molar-refractivity contribution in [2.45, 2.75) is 39.2 Å². The van der Waals surface area contributed by atoms with Crippen LogP contribution >= 0.6 is 11.5 Å². The van der Waals surface area contributed by atoms with Gasteiger partial charge in [-0.3, -0.25) is 4.79 Å². The van der Waals surface area contributed by atoms with Crippen LogP contribution in [0, 0.1) is 0 Å². The molecule has 1 aromatic rings. The van der Waals surface area contributed by atoms with E-state index in [4.69, 9.17) is 5.73 Å². The lowest BCUT2D eigenvalue weighted by Crippen LogP contribution is -2.39. The Morgan fingerprint density at radius 2 is 2.25 bits per heavy atom. The molecule has 0 aliphatic carbocycles. The summed E-state index contributed by atoms with van der Waals surface area (Å²) >= 11 is 1.13. The monoisotopic (exact) mass is 242 g/mol. The largest absolute Gasteiger partial charge is 0.347 e. The Hall–Kier alpha value is -1.01. The van der Waals surface area contributed by atoms with Gasteiger partial charge >= 0.3 is 0 Å². The molecule has 5 nitrogen and oxygen atoms in total. The summed E-state index contributed by atoms with van der Waals surface area (Å²) in [5.74, 6) is 0.0912. The first-order valence-corrected chi connectivity index (χ1v) is 6.20. The van der Waals surface area contributed by atoms with E-state index in [2.05, 4.69) is 14.9 Å². The highest BCUT2D eigenvalue weighted by Gasteiger charge is 2.20. The third-order valence-electron chi connectivity index (χ3n) is 2.38. The van der Waals surface area contributed by atoms with Crippen molar-refractivity contribution in [3.63, 3.8) is 0 Å². The third-order valence-corrected chi connectivity index (χ3v) is 3.12. The topological polar surface area (TPSA) is 80.9 Å². The van der Waals surface area contributed by atoms with Crippen LogP contribution in [0.15, 0.2) is 0 Å². The second kappa shape index (κ2) is 5.91. The molecule has 0 aliphatic rings. The van der Waals surface area contributed by atoms with Crippen molar-refractivity contribution >= 4 is 17.4 Å². The minimum atomic E-state index is -0.115. The van der Waals surface area contributed by atoms with Gasteiger partial charge in [-0.2, -0.15) is 0 Å². The normalized spacial score (nSPS) is 12.8. The van der Waals surface area contributed by atoms with Gasteiger partial charge in [-0.15, -0.1) is 5.10 Å². The summed E-state index contributed by atoms with van der Waals surface area (Å²) in [5, 5.41) is 6.85. The van der Waals surface area contributed by atoms with E-state index in [1.54, 1.807) is 0 Å². The zero-order chi connectivity index (χ0) is 12.1. The van der Waals surface area contributed by atoms with Gasteiger partial charge in [-0.25, -0.2) is 0 Å². The number of nitrogens with two attached hydrogens (primary N) is 1. The van der Waals surface area contributed by atoms with Gasteiger partial charge in [0.05, 0.1) is 5.69 Å². The van der Waals surface area contributed by atoms with Crippen molar-refractivity contribution < 1.29 is 4.79 Å². The first kappa shape index (κ1) is 13.1. The number of aromatic nitrogens is 2. The Bertz CT molecular complexity index is 346. The fourth-order valence-electron chi connectivity index (χ4n) is 1.31. The molecule has 1 rings (SSSR count). The smallest absolute Gasteiger partial charge is 0.265 e. The van der Waals surface area contributed by atoms with Crippen LogP contribution in [0.4, 0.5) is 0 Å². The van der Waals surface area contributed by atoms with Gasteiger partial charge in [0.25, 0.3) is 5.91 Å². The highest BCUT2D eigenvalue weighted by atomic mass is 32.1. The summed E-state index contributed by atoms with van der Waals surface area (Å²) in [6.07, 6.45) is 0.825. The SMILES string of the molecule is CCC(CN)NC(=O)c1snnc1C(C)C. The number of carbonyl (C=O) groups excluding carboxylic acids is 1. The molecule has 0 spiro atoms. The average molecular weight is 242 g/mol. The van der Waals surface area contributed by atoms with Crippen LogP contribution < -0.4 is 11.1 Å². The van der Waals surface area contributed by atoms with Crippen molar-refractivity contribution in [1.29, 1.82) is 0 Å². The third kappa shape index (κ3) is 2.99. The molecule has 6 heteroatoms. The fraction of sp³-hybridized carbons (Fsp3) is 0.700. The maximum atomic E-state index is 11.9. The van der Waals surface area contributed by atoms with Crippen molar-refractivity contribution in [2.24, 2.45) is 5.73 Å². The molecular formula is C10H18N4OS. The van der Waals surface area contributed by atoms with E-state index in [1.807, 2.05) is 20.8 Å². The lowest BCUT2D eigenvalue weighted by molar-refractivity contribution is 0.0940. The summed E-state index contributed by atoms with van der Waals surface area (Å²) < 4.78 is 3.82. The summed E-state index contributed by atoms with van der Waals surface area (Å²) in [6, 6.07) is 0.0228. The zero-order valence-electron chi connectivity index (χ0n) is 9.86. The molecule has 16 heavy (non-hydrogen) atoms. The second-order valence-electron chi connectivity index (χ2n) is 3.96. The van der Waals surface area contributed by atoms with Gasteiger partial charge in [0.1, 0.15) is 4.88 Å². The molecule has 1 unspecified atom stereocenters. The van der Waals surface area contributed by atoms with E-state index in [1.165, 1.54) is 0 Å². The molecule has 1 amide bonds. The Balaban J connectivity index is 2.76. The second-order valence-corrected chi connectivity index (χ2v) is 4.71. The highest BCUT2D eigenvalue weighted by molar-refractivity contribution is 7.08. The lowest BCUT2D eigenvalue weighted by Gasteiger charge is -2.14. The number of rotatable bonds is 5. The molecule has 0 fully saturated rings. The van der Waals surface area contributed by atoms with Gasteiger partial charge in [-0.05, 0) is 23.9 Å². The van der Waals surface area contributed by atoms with Gasteiger partial charge in [0.2, 0.25) is 0 Å². The summed E-state index contributed by atoms with van der Waals surface area (Å²) in [5.41, 5.74) is 6.30. The zero-order valence-corrected chi connectivity index (χ0v) is 10.7. The number of hydrogen-bond donors (Lipinski definition) is 2. The molecule has 1 heterocycles. The number of nitrogens with one attached hydrogen (secondary N) is 1. The van der Waals surface area contributed by atoms with Crippen LogP contribution in [0.5, 0.6) is 0 Å². The van der Waals surface area contributed by atoms with Gasteiger partial charge < -0.3 is 11.1 Å². The van der Waals surface area contributed by atoms with Crippen LogP contribution in [0.3, 0.4) is 0 Å².